The van der Waals surface area contributed by atoms with Gasteiger partial charge >= 0.3 is 5.97 Å². The summed E-state index contributed by atoms with van der Waals surface area (Å²) in [4.78, 5) is 22.0. The zero-order valence-electron chi connectivity index (χ0n) is 22.2. The minimum Gasteiger partial charge on any atom is -0.493 e. The highest BCUT2D eigenvalue weighted by Gasteiger charge is 2.51. The lowest BCUT2D eigenvalue weighted by molar-refractivity contribution is -0.150. The summed E-state index contributed by atoms with van der Waals surface area (Å²) in [6, 6.07) is 6.15. The van der Waals surface area contributed by atoms with E-state index in [9.17, 15) is 9.90 Å². The average molecular weight is 512 g/mol. The van der Waals surface area contributed by atoms with Crippen LogP contribution in [0.5, 0.6) is 11.5 Å². The number of oxime groups is 1. The SMILES string of the molecule is CCOc1cc(CN2CC3(CC(N4CCC(C)(C(=O)O)CC4)=NO3)C2)cc(OCC)c1-c1ccn(C)n1. The molecule has 5 rings (SSSR count). The normalized spacial score (nSPS) is 20.3. The van der Waals surface area contributed by atoms with Crippen LogP contribution < -0.4 is 9.47 Å². The standard InChI is InChI=1S/C27H37N5O5/c1-5-35-21-13-19(14-22(36-6-2)24(21)20-7-10-30(4)28-20)16-31-17-27(18-31)15-23(29-37-27)32-11-8-26(3,9-12-32)25(33)34/h7,10,13-14H,5-6,8-9,11-12,15-18H2,1-4H3,(H,33,34). The van der Waals surface area contributed by atoms with Crippen LogP contribution in [0.4, 0.5) is 0 Å². The highest BCUT2D eigenvalue weighted by atomic mass is 16.7. The van der Waals surface area contributed by atoms with Gasteiger partial charge in [0.25, 0.3) is 0 Å². The second-order valence-corrected chi connectivity index (χ2v) is 10.7. The smallest absolute Gasteiger partial charge is 0.309 e. The minimum atomic E-state index is -0.712. The highest BCUT2D eigenvalue weighted by Crippen LogP contribution is 2.41. The average Bonchev–Trinajstić information content (AvgIpc) is 3.47. The number of aliphatic carboxylic acids is 1. The lowest BCUT2D eigenvalue weighted by Crippen LogP contribution is -2.61. The molecule has 10 nitrogen and oxygen atoms in total. The zero-order valence-corrected chi connectivity index (χ0v) is 22.2. The van der Waals surface area contributed by atoms with Crippen molar-refractivity contribution in [2.75, 3.05) is 39.4 Å². The Kier molecular flexibility index (Phi) is 6.78. The molecule has 200 valence electrons. The van der Waals surface area contributed by atoms with Gasteiger partial charge in [-0.1, -0.05) is 5.16 Å². The number of aromatic nitrogens is 2. The van der Waals surface area contributed by atoms with Crippen molar-refractivity contribution < 1.29 is 24.2 Å². The molecular formula is C27H37N5O5. The molecule has 37 heavy (non-hydrogen) atoms. The number of likely N-dealkylation sites (tertiary alicyclic amines) is 2. The van der Waals surface area contributed by atoms with E-state index in [0.717, 1.165) is 60.2 Å². The number of ether oxygens (including phenoxy) is 2. The molecule has 3 aliphatic heterocycles. The summed E-state index contributed by atoms with van der Waals surface area (Å²) in [6.45, 7) is 10.6. The van der Waals surface area contributed by atoms with Crippen LogP contribution in [0.2, 0.25) is 0 Å². The van der Waals surface area contributed by atoms with Gasteiger partial charge in [0.05, 0.1) is 36.3 Å². The number of amidine groups is 1. The summed E-state index contributed by atoms with van der Waals surface area (Å²) in [5.74, 6) is 1.79. The largest absolute Gasteiger partial charge is 0.493 e. The fraction of sp³-hybridized carbons (Fsp3) is 0.593. The number of hydrogen-bond acceptors (Lipinski definition) is 8. The van der Waals surface area contributed by atoms with E-state index in [2.05, 4.69) is 32.2 Å². The van der Waals surface area contributed by atoms with Crippen molar-refractivity contribution in [3.8, 4) is 22.8 Å². The van der Waals surface area contributed by atoms with Gasteiger partial charge in [-0.25, -0.2) is 0 Å². The van der Waals surface area contributed by atoms with E-state index in [1.54, 1.807) is 4.68 Å². The van der Waals surface area contributed by atoms with Crippen LogP contribution in [0.1, 0.15) is 45.6 Å². The molecule has 2 saturated heterocycles. The number of hydrogen-bond donors (Lipinski definition) is 1. The third kappa shape index (κ3) is 4.99. The molecule has 4 heterocycles. The Bertz CT molecular complexity index is 1150. The van der Waals surface area contributed by atoms with Gasteiger partial charge in [0, 0.05) is 46.0 Å². The maximum Gasteiger partial charge on any atom is 0.309 e. The van der Waals surface area contributed by atoms with Gasteiger partial charge in [-0.2, -0.15) is 5.10 Å². The molecule has 0 atom stereocenters. The first-order valence-electron chi connectivity index (χ1n) is 13.1. The molecule has 0 aliphatic carbocycles. The fourth-order valence-corrected chi connectivity index (χ4v) is 5.53. The van der Waals surface area contributed by atoms with Crippen LogP contribution >= 0.6 is 0 Å². The Hall–Kier alpha value is -3.27. The predicted molar refractivity (Wildman–Crippen MR) is 139 cm³/mol. The summed E-state index contributed by atoms with van der Waals surface area (Å²) in [6.07, 6.45) is 3.93. The van der Waals surface area contributed by atoms with Gasteiger partial charge in [-0.3, -0.25) is 14.4 Å². The van der Waals surface area contributed by atoms with E-state index < -0.39 is 11.4 Å². The zero-order chi connectivity index (χ0) is 26.2. The summed E-state index contributed by atoms with van der Waals surface area (Å²) in [5.41, 5.74) is 1.89. The number of rotatable bonds is 8. The van der Waals surface area contributed by atoms with Crippen molar-refractivity contribution in [3.63, 3.8) is 0 Å². The number of carboxylic acids is 1. The number of benzene rings is 1. The first kappa shape index (κ1) is 25.4. The molecule has 0 radical (unpaired) electrons. The fourth-order valence-electron chi connectivity index (χ4n) is 5.53. The van der Waals surface area contributed by atoms with Gasteiger partial charge in [0.1, 0.15) is 17.3 Å². The molecule has 2 fully saturated rings. The number of carboxylic acid groups (broad SMARTS) is 1. The summed E-state index contributed by atoms with van der Waals surface area (Å²) < 4.78 is 13.8. The third-order valence-corrected chi connectivity index (χ3v) is 7.70. The van der Waals surface area contributed by atoms with Crippen molar-refractivity contribution in [1.29, 1.82) is 0 Å². The van der Waals surface area contributed by atoms with Gasteiger partial charge < -0.3 is 24.3 Å². The first-order valence-corrected chi connectivity index (χ1v) is 13.1. The highest BCUT2D eigenvalue weighted by molar-refractivity contribution is 5.85. The Morgan fingerprint density at radius 3 is 2.32 bits per heavy atom. The Morgan fingerprint density at radius 2 is 1.78 bits per heavy atom. The monoisotopic (exact) mass is 511 g/mol. The molecule has 1 spiro atoms. The number of carbonyl (C=O) groups is 1. The van der Waals surface area contributed by atoms with Gasteiger partial charge in [-0.15, -0.1) is 0 Å². The molecule has 10 heteroatoms. The van der Waals surface area contributed by atoms with Crippen LogP contribution in [-0.2, 0) is 23.2 Å². The molecule has 1 N–H and O–H groups in total. The molecular weight excluding hydrogens is 474 g/mol. The summed E-state index contributed by atoms with van der Waals surface area (Å²) >= 11 is 0. The quantitative estimate of drug-likeness (QED) is 0.576. The maximum absolute atomic E-state index is 11.6. The van der Waals surface area contributed by atoms with Crippen LogP contribution in [-0.4, -0.2) is 81.5 Å². The topological polar surface area (TPSA) is 102 Å². The van der Waals surface area contributed by atoms with Crippen molar-refractivity contribution in [2.45, 2.75) is 52.2 Å². The molecule has 0 unspecified atom stereocenters. The second kappa shape index (κ2) is 9.89. The molecule has 2 aromatic rings. The molecule has 0 bridgehead atoms. The number of nitrogens with zero attached hydrogens (tertiary/aromatic N) is 5. The minimum absolute atomic E-state index is 0.289. The van der Waals surface area contributed by atoms with E-state index in [1.807, 2.05) is 40.1 Å². The van der Waals surface area contributed by atoms with Crippen LogP contribution in [0.3, 0.4) is 0 Å². The predicted octanol–water partition coefficient (Wildman–Crippen LogP) is 3.36. The molecule has 1 aromatic carbocycles. The lowest BCUT2D eigenvalue weighted by atomic mass is 9.80. The molecule has 1 aromatic heterocycles. The van der Waals surface area contributed by atoms with Gasteiger partial charge in [0.15, 0.2) is 5.60 Å². The van der Waals surface area contributed by atoms with E-state index in [4.69, 9.17) is 14.3 Å². The third-order valence-electron chi connectivity index (χ3n) is 7.70. The van der Waals surface area contributed by atoms with Crippen LogP contribution in [0.25, 0.3) is 11.3 Å². The summed E-state index contributed by atoms with van der Waals surface area (Å²) in [7, 11) is 1.90. The van der Waals surface area contributed by atoms with Gasteiger partial charge in [-0.05, 0) is 57.4 Å². The first-order chi connectivity index (χ1) is 17.7. The van der Waals surface area contributed by atoms with Crippen molar-refractivity contribution in [3.05, 3.63) is 30.0 Å². The van der Waals surface area contributed by atoms with Gasteiger partial charge in [0.2, 0.25) is 0 Å². The Labute approximate surface area is 217 Å². The van der Waals surface area contributed by atoms with E-state index in [-0.39, 0.29) is 5.60 Å². The molecule has 3 aliphatic rings. The Balaban J connectivity index is 1.23. The Morgan fingerprint density at radius 1 is 1.14 bits per heavy atom. The van der Waals surface area contributed by atoms with E-state index in [1.165, 1.54) is 0 Å². The van der Waals surface area contributed by atoms with E-state index >= 15 is 0 Å². The van der Waals surface area contributed by atoms with E-state index in [0.29, 0.717) is 39.1 Å². The summed E-state index contributed by atoms with van der Waals surface area (Å²) in [5, 5.41) is 18.5. The van der Waals surface area contributed by atoms with Crippen molar-refractivity contribution in [2.24, 2.45) is 17.6 Å². The second-order valence-electron chi connectivity index (χ2n) is 10.7. The van der Waals surface area contributed by atoms with Crippen molar-refractivity contribution in [1.82, 2.24) is 19.6 Å². The van der Waals surface area contributed by atoms with Crippen LogP contribution in [0.15, 0.2) is 29.6 Å². The van der Waals surface area contributed by atoms with Crippen LogP contribution in [0, 0.1) is 5.41 Å². The lowest BCUT2D eigenvalue weighted by Gasteiger charge is -2.45. The molecule has 0 amide bonds. The maximum atomic E-state index is 11.6. The van der Waals surface area contributed by atoms with Crippen molar-refractivity contribution >= 4 is 11.8 Å². The number of piperidine rings is 1. The number of aryl methyl sites for hydroxylation is 1. The molecule has 0 saturated carbocycles.